The van der Waals surface area contributed by atoms with Crippen LogP contribution in [0.15, 0.2) is 56.8 Å². The smallest absolute Gasteiger partial charge is 0.420 e. The van der Waals surface area contributed by atoms with Crippen LogP contribution in [0.5, 0.6) is 17.2 Å². The van der Waals surface area contributed by atoms with E-state index in [1.54, 1.807) is 18.2 Å². The van der Waals surface area contributed by atoms with Crippen molar-refractivity contribution in [2.24, 2.45) is 0 Å². The lowest BCUT2D eigenvalue weighted by molar-refractivity contribution is -0.139. The molecule has 2 aromatic carbocycles. The molecule has 0 N–H and O–H groups in total. The minimum absolute atomic E-state index is 0.00950. The van der Waals surface area contributed by atoms with Crippen LogP contribution >= 0.6 is 43.6 Å². The first-order valence-corrected chi connectivity index (χ1v) is 9.78. The van der Waals surface area contributed by atoms with Crippen LogP contribution in [0.1, 0.15) is 5.56 Å². The third-order valence-electron chi connectivity index (χ3n) is 3.03. The van der Waals surface area contributed by atoms with Gasteiger partial charge in [-0.3, -0.25) is 0 Å². The van der Waals surface area contributed by atoms with Gasteiger partial charge in [-0.2, -0.15) is 13.2 Å². The van der Waals surface area contributed by atoms with Crippen LogP contribution in [0.4, 0.5) is 13.2 Å². The molecule has 0 saturated carbocycles. The minimum atomic E-state index is -4.55. The highest BCUT2D eigenvalue weighted by molar-refractivity contribution is 9.28. The molecule has 25 heavy (non-hydrogen) atoms. The second-order valence-electron chi connectivity index (χ2n) is 4.71. The number of thioether (sulfide) groups is 1. The largest absolute Gasteiger partial charge is 0.489 e. The fourth-order valence-corrected chi connectivity index (χ4v) is 2.73. The zero-order valence-electron chi connectivity index (χ0n) is 12.9. The topological polar surface area (TPSA) is 18.5 Å². The first-order valence-electron chi connectivity index (χ1n) is 6.97. The summed E-state index contributed by atoms with van der Waals surface area (Å²) in [4.78, 5) is 0.837. The van der Waals surface area contributed by atoms with E-state index < -0.39 is 11.7 Å². The highest BCUT2D eigenvalue weighted by Crippen LogP contribution is 2.40. The van der Waals surface area contributed by atoms with Gasteiger partial charge < -0.3 is 9.47 Å². The summed E-state index contributed by atoms with van der Waals surface area (Å²) in [6.45, 7) is -0.00950. The first-order chi connectivity index (χ1) is 11.8. The summed E-state index contributed by atoms with van der Waals surface area (Å²) < 4.78 is 51.4. The van der Waals surface area contributed by atoms with Gasteiger partial charge in [-0.25, -0.2) is 0 Å². The van der Waals surface area contributed by atoms with Crippen molar-refractivity contribution in [2.45, 2.75) is 11.1 Å². The molecule has 0 heterocycles. The van der Waals surface area contributed by atoms with Gasteiger partial charge in [0.05, 0.1) is 3.39 Å². The Labute approximate surface area is 164 Å². The second-order valence-corrected chi connectivity index (χ2v) is 8.33. The molecule has 0 bridgehead atoms. The number of para-hydroxylation sites is 1. The lowest BCUT2D eigenvalue weighted by Crippen LogP contribution is -2.09. The normalized spacial score (nSPS) is 11.1. The number of halogens is 5. The summed E-state index contributed by atoms with van der Waals surface area (Å²) >= 11 is 7.70. The van der Waals surface area contributed by atoms with E-state index in [0.29, 0.717) is 9.14 Å². The summed E-state index contributed by atoms with van der Waals surface area (Å²) in [6, 6.07) is 10.8. The van der Waals surface area contributed by atoms with Gasteiger partial charge in [-0.05, 0) is 74.5 Å². The molecule has 2 rings (SSSR count). The van der Waals surface area contributed by atoms with Crippen molar-refractivity contribution in [3.8, 4) is 17.2 Å². The number of benzene rings is 2. The van der Waals surface area contributed by atoms with Gasteiger partial charge in [0.1, 0.15) is 29.4 Å². The highest BCUT2D eigenvalue weighted by atomic mass is 79.9. The molecular weight excluding hydrogens is 485 g/mol. The SMILES string of the molecule is CSc1ccccc1Oc1ccc(OCC=C(Br)Br)c(C(F)(F)F)c1. The van der Waals surface area contributed by atoms with Crippen LogP contribution in [-0.2, 0) is 6.18 Å². The number of rotatable bonds is 6. The molecule has 0 fully saturated rings. The molecule has 0 radical (unpaired) electrons. The fraction of sp³-hybridized carbons (Fsp3) is 0.176. The predicted octanol–water partition coefficient (Wildman–Crippen LogP) is 7.23. The fourth-order valence-electron chi connectivity index (χ4n) is 1.94. The molecule has 0 aromatic heterocycles. The zero-order chi connectivity index (χ0) is 18.4. The van der Waals surface area contributed by atoms with Gasteiger partial charge in [0.15, 0.2) is 0 Å². The van der Waals surface area contributed by atoms with Crippen molar-refractivity contribution in [3.63, 3.8) is 0 Å². The summed E-state index contributed by atoms with van der Waals surface area (Å²) in [5, 5.41) is 0. The van der Waals surface area contributed by atoms with Gasteiger partial charge in [0.2, 0.25) is 0 Å². The average Bonchev–Trinajstić information content (AvgIpc) is 2.55. The Morgan fingerprint density at radius 1 is 1.12 bits per heavy atom. The maximum Gasteiger partial charge on any atom is 0.420 e. The van der Waals surface area contributed by atoms with E-state index in [0.717, 1.165) is 11.0 Å². The first kappa shape index (κ1) is 20.2. The van der Waals surface area contributed by atoms with E-state index in [1.807, 2.05) is 18.4 Å². The standard InChI is InChI=1S/C17H13Br2F3O2S/c1-25-15-5-3-2-4-14(15)24-11-6-7-13(23-9-8-16(18)19)12(10-11)17(20,21)22/h2-8,10H,9H2,1H3. The van der Waals surface area contributed by atoms with Crippen molar-refractivity contribution >= 4 is 43.6 Å². The Balaban J connectivity index is 2.30. The maximum atomic E-state index is 13.3. The molecule has 0 unspecified atom stereocenters. The van der Waals surface area contributed by atoms with Gasteiger partial charge in [0.25, 0.3) is 0 Å². The second kappa shape index (κ2) is 9.00. The van der Waals surface area contributed by atoms with Crippen LogP contribution < -0.4 is 9.47 Å². The number of ether oxygens (including phenoxy) is 2. The van der Waals surface area contributed by atoms with Crippen molar-refractivity contribution in [1.29, 1.82) is 0 Å². The molecule has 2 aromatic rings. The van der Waals surface area contributed by atoms with Gasteiger partial charge in [0, 0.05) is 4.90 Å². The van der Waals surface area contributed by atoms with E-state index in [1.165, 1.54) is 23.9 Å². The molecule has 0 spiro atoms. The molecule has 0 aliphatic rings. The zero-order valence-corrected chi connectivity index (χ0v) is 16.9. The van der Waals surface area contributed by atoms with Gasteiger partial charge in [-0.1, -0.05) is 12.1 Å². The summed E-state index contributed by atoms with van der Waals surface area (Å²) in [5.41, 5.74) is -0.884. The van der Waals surface area contributed by atoms with Crippen molar-refractivity contribution < 1.29 is 22.6 Å². The molecule has 134 valence electrons. The van der Waals surface area contributed by atoms with Gasteiger partial charge in [-0.15, -0.1) is 11.8 Å². The predicted molar refractivity (Wildman–Crippen MR) is 101 cm³/mol. The van der Waals surface area contributed by atoms with Crippen molar-refractivity contribution in [1.82, 2.24) is 0 Å². The summed E-state index contributed by atoms with van der Waals surface area (Å²) in [5.74, 6) is 0.344. The molecule has 0 amide bonds. The Morgan fingerprint density at radius 3 is 2.48 bits per heavy atom. The summed E-state index contributed by atoms with van der Waals surface area (Å²) in [6.07, 6.45) is -1.13. The lowest BCUT2D eigenvalue weighted by atomic mass is 10.2. The van der Waals surface area contributed by atoms with Crippen LogP contribution in [0.2, 0.25) is 0 Å². The quantitative estimate of drug-likeness (QED) is 0.392. The van der Waals surface area contributed by atoms with Crippen LogP contribution in [0.25, 0.3) is 0 Å². The van der Waals surface area contributed by atoms with Crippen molar-refractivity contribution in [3.05, 3.63) is 57.5 Å². The lowest BCUT2D eigenvalue weighted by Gasteiger charge is -2.16. The third kappa shape index (κ3) is 5.97. The van der Waals surface area contributed by atoms with E-state index in [4.69, 9.17) is 9.47 Å². The van der Waals surface area contributed by atoms with E-state index in [9.17, 15) is 13.2 Å². The molecule has 0 atom stereocenters. The third-order valence-corrected chi connectivity index (χ3v) is 4.45. The van der Waals surface area contributed by atoms with E-state index >= 15 is 0 Å². The monoisotopic (exact) mass is 496 g/mol. The Hall–Kier alpha value is -1.12. The van der Waals surface area contributed by atoms with Crippen molar-refractivity contribution in [2.75, 3.05) is 12.9 Å². The maximum absolute atomic E-state index is 13.3. The minimum Gasteiger partial charge on any atom is -0.489 e. The molecule has 0 aliphatic heterocycles. The van der Waals surface area contributed by atoms with Crippen LogP contribution in [-0.4, -0.2) is 12.9 Å². The average molecular weight is 498 g/mol. The Morgan fingerprint density at radius 2 is 1.84 bits per heavy atom. The molecule has 8 heteroatoms. The Bertz CT molecular complexity index is 760. The van der Waals surface area contributed by atoms with E-state index in [-0.39, 0.29) is 18.1 Å². The molecular formula is C17H13Br2F3O2S. The van der Waals surface area contributed by atoms with Gasteiger partial charge >= 0.3 is 6.18 Å². The summed E-state index contributed by atoms with van der Waals surface area (Å²) in [7, 11) is 0. The van der Waals surface area contributed by atoms with Crippen LogP contribution in [0.3, 0.4) is 0 Å². The number of hydrogen-bond acceptors (Lipinski definition) is 3. The Kier molecular flexibility index (Phi) is 7.27. The number of alkyl halides is 3. The molecule has 0 saturated heterocycles. The van der Waals surface area contributed by atoms with Crippen LogP contribution in [0, 0.1) is 0 Å². The highest BCUT2D eigenvalue weighted by Gasteiger charge is 2.35. The van der Waals surface area contributed by atoms with E-state index in [2.05, 4.69) is 31.9 Å². The molecule has 2 nitrogen and oxygen atoms in total. The number of hydrogen-bond donors (Lipinski definition) is 0. The molecule has 0 aliphatic carbocycles.